The molecule has 0 aromatic heterocycles. The molecule has 0 bridgehead atoms. The second kappa shape index (κ2) is 18.7. The zero-order valence-electron chi connectivity index (χ0n) is 27.7. The summed E-state index contributed by atoms with van der Waals surface area (Å²) in [5.74, 6) is -7.38. The smallest absolute Gasteiger partial charge is 0.303 e. The zero-order valence-corrected chi connectivity index (χ0v) is 29.9. The summed E-state index contributed by atoms with van der Waals surface area (Å²) in [7, 11) is 0. The van der Waals surface area contributed by atoms with Gasteiger partial charge in [0.15, 0.2) is 42.9 Å². The van der Waals surface area contributed by atoms with Gasteiger partial charge in [-0.3, -0.25) is 39.0 Å². The van der Waals surface area contributed by atoms with Crippen molar-refractivity contribution in [3.05, 3.63) is 0 Å². The SMILES string of the molecule is CC(=O)OC[C@H]1O[C@@H](O[C@H]2[C@@H](OC(=N)C(Cl)(Cl)Cl)O[C@H](COC(C)=O)[C@@H](OC(C)=O)[C@@H]2OC(C)=O)[C@H](OC(C)=O)[C@@H](OC(C)=O)[C@@H]1OC(C)=O. The molecule has 2 fully saturated rings. The van der Waals surface area contributed by atoms with Gasteiger partial charge in [-0.05, 0) is 0 Å². The quantitative estimate of drug-likeness (QED) is 0.0953. The predicted molar refractivity (Wildman–Crippen MR) is 162 cm³/mol. The molecule has 2 aliphatic rings. The van der Waals surface area contributed by atoms with Crippen molar-refractivity contribution in [2.75, 3.05) is 13.2 Å². The van der Waals surface area contributed by atoms with Gasteiger partial charge in [-0.1, -0.05) is 34.8 Å². The highest BCUT2D eigenvalue weighted by atomic mass is 35.6. The average molecular weight is 781 g/mol. The van der Waals surface area contributed by atoms with Crippen LogP contribution in [0.4, 0.5) is 0 Å². The number of ether oxygens (including phenoxy) is 11. The van der Waals surface area contributed by atoms with Crippen LogP contribution in [0.1, 0.15) is 48.5 Å². The van der Waals surface area contributed by atoms with E-state index in [0.717, 1.165) is 48.5 Å². The Bertz CT molecular complexity index is 1310. The van der Waals surface area contributed by atoms with Gasteiger partial charge in [-0.2, -0.15) is 0 Å². The summed E-state index contributed by atoms with van der Waals surface area (Å²) in [6.07, 6.45) is -17.2. The zero-order chi connectivity index (χ0) is 38.1. The highest BCUT2D eigenvalue weighted by Gasteiger charge is 2.58. The van der Waals surface area contributed by atoms with Crippen LogP contribution in [0.15, 0.2) is 0 Å². The van der Waals surface area contributed by atoms with E-state index in [0.29, 0.717) is 0 Å². The van der Waals surface area contributed by atoms with E-state index in [2.05, 4.69) is 0 Å². The lowest BCUT2D eigenvalue weighted by Gasteiger charge is -2.48. The summed E-state index contributed by atoms with van der Waals surface area (Å²) in [5.41, 5.74) is 0. The first-order valence-electron chi connectivity index (χ1n) is 14.5. The molecule has 10 atom stereocenters. The van der Waals surface area contributed by atoms with Crippen LogP contribution in [-0.2, 0) is 85.7 Å². The molecule has 0 spiro atoms. The van der Waals surface area contributed by atoms with Crippen LogP contribution in [0.2, 0.25) is 0 Å². The van der Waals surface area contributed by atoms with Crippen LogP contribution in [0.5, 0.6) is 0 Å². The van der Waals surface area contributed by atoms with E-state index in [1.54, 1.807) is 0 Å². The molecular formula is C28H36Cl3NO18. The van der Waals surface area contributed by atoms with Crippen molar-refractivity contribution in [2.24, 2.45) is 0 Å². The summed E-state index contributed by atoms with van der Waals surface area (Å²) in [6.45, 7) is 5.84. The number of carbonyl (C=O) groups is 7. The van der Waals surface area contributed by atoms with Gasteiger partial charge in [-0.15, -0.1) is 0 Å². The van der Waals surface area contributed by atoms with Crippen molar-refractivity contribution < 1.29 is 85.7 Å². The first-order chi connectivity index (χ1) is 23.1. The molecule has 1 N–H and O–H groups in total. The van der Waals surface area contributed by atoms with Crippen molar-refractivity contribution in [3.8, 4) is 0 Å². The number of alkyl halides is 3. The number of hydrogen-bond acceptors (Lipinski definition) is 19. The summed E-state index contributed by atoms with van der Waals surface area (Å²) >= 11 is 17.5. The number of hydrogen-bond donors (Lipinski definition) is 1. The Kier molecular flexibility index (Phi) is 15.9. The number of halogens is 3. The molecule has 2 saturated heterocycles. The maximum Gasteiger partial charge on any atom is 0.303 e. The molecule has 0 aromatic carbocycles. The Morgan fingerprint density at radius 3 is 1.20 bits per heavy atom. The van der Waals surface area contributed by atoms with E-state index in [-0.39, 0.29) is 0 Å². The van der Waals surface area contributed by atoms with Crippen LogP contribution >= 0.6 is 34.8 Å². The number of carbonyl (C=O) groups excluding carboxylic acids is 7. The van der Waals surface area contributed by atoms with Gasteiger partial charge in [0.2, 0.25) is 12.2 Å². The minimum absolute atomic E-state index is 0.627. The van der Waals surface area contributed by atoms with Crippen molar-refractivity contribution >= 4 is 82.5 Å². The normalized spacial score (nSPS) is 29.3. The van der Waals surface area contributed by atoms with Gasteiger partial charge in [0.25, 0.3) is 3.79 Å². The third-order valence-electron chi connectivity index (χ3n) is 6.38. The molecule has 2 heterocycles. The van der Waals surface area contributed by atoms with Gasteiger partial charge in [0, 0.05) is 48.5 Å². The topological polar surface area (TPSA) is 245 Å². The Balaban J connectivity index is 2.79. The summed E-state index contributed by atoms with van der Waals surface area (Å²) in [4.78, 5) is 84.8. The van der Waals surface area contributed by atoms with E-state index in [1.165, 1.54) is 0 Å². The number of nitrogens with one attached hydrogen (secondary N) is 1. The van der Waals surface area contributed by atoms with Gasteiger partial charge >= 0.3 is 41.8 Å². The maximum absolute atomic E-state index is 12.4. The molecule has 2 aliphatic heterocycles. The fourth-order valence-electron chi connectivity index (χ4n) is 4.75. The van der Waals surface area contributed by atoms with Crippen molar-refractivity contribution in [1.82, 2.24) is 0 Å². The fourth-order valence-corrected chi connectivity index (χ4v) is 4.88. The van der Waals surface area contributed by atoms with E-state index >= 15 is 0 Å². The first-order valence-corrected chi connectivity index (χ1v) is 15.7. The van der Waals surface area contributed by atoms with Crippen LogP contribution in [0.3, 0.4) is 0 Å². The number of esters is 7. The van der Waals surface area contributed by atoms with E-state index < -0.39 is 126 Å². The molecule has 0 saturated carbocycles. The van der Waals surface area contributed by atoms with Crippen LogP contribution in [0.25, 0.3) is 0 Å². The molecule has 50 heavy (non-hydrogen) atoms. The standard InChI is InChI=1S/C28H36Cl3NO18/c1-10(33)40-8-17-19(42-12(3)35)21(44-14(5)37)23(46-16(7)39)25(47-17)49-24-22(45-15(6)38)20(43-13(4)36)18(9-41-11(2)34)48-26(24)50-27(32)28(29,30)31/h17-26,32H,8-9H2,1-7H3/t17-,18-,19-,20-,21+,22+,23-,24-,25+,26-/m1/s1. The molecule has 0 amide bonds. The molecule has 0 unspecified atom stereocenters. The Morgan fingerprint density at radius 1 is 0.500 bits per heavy atom. The van der Waals surface area contributed by atoms with Gasteiger partial charge in [0.1, 0.15) is 25.4 Å². The Morgan fingerprint density at radius 2 is 0.840 bits per heavy atom. The van der Waals surface area contributed by atoms with E-state index in [4.69, 9.17) is 92.3 Å². The molecule has 2 rings (SSSR count). The monoisotopic (exact) mass is 779 g/mol. The second-order valence-electron chi connectivity index (χ2n) is 10.6. The summed E-state index contributed by atoms with van der Waals surface area (Å²) in [5, 5.41) is 8.17. The summed E-state index contributed by atoms with van der Waals surface area (Å²) in [6, 6.07) is 0. The Hall–Kier alpha value is -3.49. The maximum atomic E-state index is 12.4. The first kappa shape index (κ1) is 42.7. The van der Waals surface area contributed by atoms with Crippen molar-refractivity contribution in [1.29, 1.82) is 5.41 Å². The highest BCUT2D eigenvalue weighted by molar-refractivity contribution is 6.76. The third-order valence-corrected chi connectivity index (χ3v) is 6.89. The lowest BCUT2D eigenvalue weighted by atomic mass is 9.96. The molecule has 22 heteroatoms. The van der Waals surface area contributed by atoms with Crippen molar-refractivity contribution in [3.63, 3.8) is 0 Å². The molecule has 282 valence electrons. The predicted octanol–water partition coefficient (Wildman–Crippen LogP) is 0.970. The average Bonchev–Trinajstić information content (AvgIpc) is 2.95. The van der Waals surface area contributed by atoms with Gasteiger partial charge in [-0.25, -0.2) is 0 Å². The number of rotatable bonds is 12. The second-order valence-corrected chi connectivity index (χ2v) is 12.9. The van der Waals surface area contributed by atoms with Crippen LogP contribution in [-0.4, -0.2) is 126 Å². The van der Waals surface area contributed by atoms with Gasteiger partial charge in [0.05, 0.1) is 0 Å². The molecule has 0 radical (unpaired) electrons. The molecule has 0 aromatic rings. The van der Waals surface area contributed by atoms with Crippen LogP contribution < -0.4 is 0 Å². The minimum atomic E-state index is -2.50. The fraction of sp³-hybridized carbons (Fsp3) is 0.714. The van der Waals surface area contributed by atoms with Crippen LogP contribution in [0, 0.1) is 5.41 Å². The van der Waals surface area contributed by atoms with E-state index in [1.807, 2.05) is 0 Å². The lowest BCUT2D eigenvalue weighted by molar-refractivity contribution is -0.361. The molecule has 19 nitrogen and oxygen atoms in total. The molecule has 0 aliphatic carbocycles. The van der Waals surface area contributed by atoms with Gasteiger partial charge < -0.3 is 52.1 Å². The van der Waals surface area contributed by atoms with Crippen molar-refractivity contribution in [2.45, 2.75) is 114 Å². The molecular weight excluding hydrogens is 745 g/mol. The Labute approximate surface area is 300 Å². The van der Waals surface area contributed by atoms with E-state index in [9.17, 15) is 33.6 Å². The lowest BCUT2D eigenvalue weighted by Crippen LogP contribution is -2.67. The third kappa shape index (κ3) is 13.0. The minimum Gasteiger partial charge on any atom is -0.463 e. The largest absolute Gasteiger partial charge is 0.463 e. The summed E-state index contributed by atoms with van der Waals surface area (Å²) < 4.78 is 58.1. The highest BCUT2D eigenvalue weighted by Crippen LogP contribution is 2.37.